The van der Waals surface area contributed by atoms with Crippen LogP contribution in [0.3, 0.4) is 0 Å². The fourth-order valence-corrected chi connectivity index (χ4v) is 5.41. The maximum atomic E-state index is 13.3. The molecule has 0 atom stereocenters. The van der Waals surface area contributed by atoms with E-state index >= 15 is 0 Å². The molecule has 2 aromatic carbocycles. The van der Waals surface area contributed by atoms with Gasteiger partial charge in [0.1, 0.15) is 0 Å². The normalized spacial score (nSPS) is 16.2. The number of nitrogens with zero attached hydrogens (tertiary/aromatic N) is 3. The van der Waals surface area contributed by atoms with Crippen molar-refractivity contribution >= 4 is 40.7 Å². The van der Waals surface area contributed by atoms with E-state index in [2.05, 4.69) is 28.9 Å². The van der Waals surface area contributed by atoms with Gasteiger partial charge in [0.05, 0.1) is 0 Å². The second-order valence-electron chi connectivity index (χ2n) is 9.71. The van der Waals surface area contributed by atoms with E-state index in [-0.39, 0.29) is 24.2 Å². The molecular weight excluding hydrogens is 460 g/mol. The molecular formula is C28H41ClN4O2. The summed E-state index contributed by atoms with van der Waals surface area (Å²) >= 11 is 0. The average molecular weight is 501 g/mol. The first-order valence-corrected chi connectivity index (χ1v) is 13.2. The van der Waals surface area contributed by atoms with E-state index in [4.69, 9.17) is 5.73 Å². The number of hydrogen-bond acceptors (Lipinski definition) is 5. The van der Waals surface area contributed by atoms with E-state index in [1.54, 1.807) is 0 Å². The van der Waals surface area contributed by atoms with Crippen LogP contribution in [0.15, 0.2) is 30.3 Å². The van der Waals surface area contributed by atoms with Crippen LogP contribution in [0.5, 0.6) is 0 Å². The summed E-state index contributed by atoms with van der Waals surface area (Å²) in [5, 5.41) is 1.84. The Kier molecular flexibility index (Phi) is 10.4. The van der Waals surface area contributed by atoms with Crippen LogP contribution in [-0.2, 0) is 0 Å². The summed E-state index contributed by atoms with van der Waals surface area (Å²) in [6.45, 7) is 8.14. The van der Waals surface area contributed by atoms with E-state index in [1.807, 2.05) is 18.2 Å². The van der Waals surface area contributed by atoms with Gasteiger partial charge in [0.15, 0.2) is 0 Å². The van der Waals surface area contributed by atoms with Crippen molar-refractivity contribution in [1.29, 1.82) is 0 Å². The molecule has 0 bridgehead atoms. The molecule has 0 aliphatic carbocycles. The van der Waals surface area contributed by atoms with Crippen molar-refractivity contribution in [1.82, 2.24) is 9.80 Å². The predicted molar refractivity (Wildman–Crippen MR) is 147 cm³/mol. The minimum atomic E-state index is -0.143. The quantitative estimate of drug-likeness (QED) is 0.325. The molecule has 0 spiro atoms. The highest BCUT2D eigenvalue weighted by Gasteiger charge is 2.33. The molecule has 2 aliphatic rings. The number of nitrogens with two attached hydrogens (primary N) is 1. The number of carbonyl (C=O) groups excluding carboxylic acids is 2. The number of halogens is 1. The van der Waals surface area contributed by atoms with Gasteiger partial charge in [-0.05, 0) is 24.6 Å². The first-order valence-electron chi connectivity index (χ1n) is 13.2. The number of benzene rings is 2. The van der Waals surface area contributed by atoms with Crippen LogP contribution in [0.2, 0.25) is 0 Å². The predicted octanol–water partition coefficient (Wildman–Crippen LogP) is 5.08. The van der Waals surface area contributed by atoms with Gasteiger partial charge in [0.25, 0.3) is 11.8 Å². The van der Waals surface area contributed by atoms with Crippen LogP contribution in [0, 0.1) is 0 Å². The minimum Gasteiger partial charge on any atom is -0.368 e. The summed E-state index contributed by atoms with van der Waals surface area (Å²) in [6, 6.07) is 9.89. The molecule has 7 heteroatoms. The summed E-state index contributed by atoms with van der Waals surface area (Å²) < 4.78 is 0. The van der Waals surface area contributed by atoms with Crippen molar-refractivity contribution in [2.75, 3.05) is 50.7 Å². The van der Waals surface area contributed by atoms with Crippen LogP contribution in [0.4, 0.5) is 5.69 Å². The molecule has 0 saturated carbocycles. The zero-order chi connectivity index (χ0) is 23.9. The summed E-state index contributed by atoms with van der Waals surface area (Å²) in [6.07, 6.45) is 9.54. The Balaban J connectivity index is 0.00000342. The third-order valence-electron chi connectivity index (χ3n) is 7.36. The number of anilines is 1. The average Bonchev–Trinajstić information content (AvgIpc) is 2.86. The highest BCUT2D eigenvalue weighted by Crippen LogP contribution is 2.36. The highest BCUT2D eigenvalue weighted by molar-refractivity contribution is 6.26. The number of rotatable bonds is 12. The lowest BCUT2D eigenvalue weighted by molar-refractivity contribution is 0.0607. The van der Waals surface area contributed by atoms with Gasteiger partial charge in [-0.25, -0.2) is 0 Å². The van der Waals surface area contributed by atoms with Crippen LogP contribution in [0.25, 0.3) is 10.8 Å². The number of amides is 2. The zero-order valence-corrected chi connectivity index (χ0v) is 22.0. The lowest BCUT2D eigenvalue weighted by Crippen LogP contribution is -2.48. The van der Waals surface area contributed by atoms with Gasteiger partial charge in [-0.1, -0.05) is 64.0 Å². The summed E-state index contributed by atoms with van der Waals surface area (Å²) in [5.41, 5.74) is 8.16. The molecule has 35 heavy (non-hydrogen) atoms. The van der Waals surface area contributed by atoms with Crippen LogP contribution in [0.1, 0.15) is 79.0 Å². The van der Waals surface area contributed by atoms with Gasteiger partial charge in [0, 0.05) is 73.4 Å². The van der Waals surface area contributed by atoms with Crippen molar-refractivity contribution in [3.8, 4) is 0 Å². The molecule has 1 saturated heterocycles. The number of imide groups is 1. The van der Waals surface area contributed by atoms with Crippen molar-refractivity contribution in [3.63, 3.8) is 0 Å². The first kappa shape index (κ1) is 27.4. The Labute approximate surface area is 216 Å². The van der Waals surface area contributed by atoms with Crippen LogP contribution >= 0.6 is 12.4 Å². The Morgan fingerprint density at radius 3 is 2.06 bits per heavy atom. The molecule has 2 aromatic rings. The smallest absolute Gasteiger partial charge is 0.261 e. The highest BCUT2D eigenvalue weighted by atomic mass is 35.5. The first-order chi connectivity index (χ1) is 16.7. The summed E-state index contributed by atoms with van der Waals surface area (Å²) in [4.78, 5) is 32.9. The topological polar surface area (TPSA) is 69.9 Å². The maximum Gasteiger partial charge on any atom is 0.261 e. The summed E-state index contributed by atoms with van der Waals surface area (Å²) in [5.74, 6) is -0.285. The zero-order valence-electron chi connectivity index (χ0n) is 21.1. The Morgan fingerprint density at radius 2 is 1.40 bits per heavy atom. The summed E-state index contributed by atoms with van der Waals surface area (Å²) in [7, 11) is 0. The second-order valence-corrected chi connectivity index (χ2v) is 9.71. The number of unbranched alkanes of at least 4 members (excludes halogenated alkanes) is 7. The van der Waals surface area contributed by atoms with E-state index < -0.39 is 0 Å². The van der Waals surface area contributed by atoms with E-state index in [0.29, 0.717) is 24.2 Å². The third kappa shape index (κ3) is 6.16. The molecule has 6 nitrogen and oxygen atoms in total. The maximum absolute atomic E-state index is 13.3. The molecule has 2 amide bonds. The molecule has 1 fully saturated rings. The van der Waals surface area contributed by atoms with Gasteiger partial charge in [-0.3, -0.25) is 19.4 Å². The molecule has 0 aromatic heterocycles. The van der Waals surface area contributed by atoms with Crippen molar-refractivity contribution in [3.05, 3.63) is 41.5 Å². The SMILES string of the molecule is CCCCCCCCCCN1C(=O)c2cccc3c(N4CCN(CCN)CC4)ccc(c23)C1=O.Cl. The number of carbonyl (C=O) groups is 2. The van der Waals surface area contributed by atoms with Crippen LogP contribution in [-0.4, -0.2) is 67.4 Å². The monoisotopic (exact) mass is 500 g/mol. The van der Waals surface area contributed by atoms with Gasteiger partial charge < -0.3 is 10.6 Å². The van der Waals surface area contributed by atoms with Gasteiger partial charge >= 0.3 is 0 Å². The van der Waals surface area contributed by atoms with Crippen LogP contribution < -0.4 is 10.6 Å². The van der Waals surface area contributed by atoms with Gasteiger partial charge in [-0.15, -0.1) is 12.4 Å². The van der Waals surface area contributed by atoms with E-state index in [0.717, 1.165) is 62.0 Å². The molecule has 2 heterocycles. The van der Waals surface area contributed by atoms with E-state index in [9.17, 15) is 9.59 Å². The Morgan fingerprint density at radius 1 is 0.771 bits per heavy atom. The van der Waals surface area contributed by atoms with Crippen molar-refractivity contribution < 1.29 is 9.59 Å². The standard InChI is InChI=1S/C28H40N4O2.ClH/c1-2-3-4-5-6-7-8-9-16-32-27(33)23-12-10-11-22-25(14-13-24(26(22)23)28(32)34)31-20-18-30(17-15-29)19-21-31;/h10-14H,2-9,15-21,29H2,1H3;1H. The Hall–Kier alpha value is -2.15. The van der Waals surface area contributed by atoms with Crippen molar-refractivity contribution in [2.24, 2.45) is 5.73 Å². The van der Waals surface area contributed by atoms with Gasteiger partial charge in [0.2, 0.25) is 0 Å². The Bertz CT molecular complexity index is 982. The fraction of sp³-hybridized carbons (Fsp3) is 0.571. The lowest BCUT2D eigenvalue weighted by atomic mass is 9.92. The lowest BCUT2D eigenvalue weighted by Gasteiger charge is -2.37. The van der Waals surface area contributed by atoms with Gasteiger partial charge in [-0.2, -0.15) is 0 Å². The molecule has 4 rings (SSSR count). The second kappa shape index (κ2) is 13.2. The molecule has 2 N–H and O–H groups in total. The largest absolute Gasteiger partial charge is 0.368 e. The van der Waals surface area contributed by atoms with E-state index in [1.165, 1.54) is 43.4 Å². The van der Waals surface area contributed by atoms with Crippen molar-refractivity contribution in [2.45, 2.75) is 58.3 Å². The number of hydrogen-bond donors (Lipinski definition) is 1. The minimum absolute atomic E-state index is 0. The molecule has 0 unspecified atom stereocenters. The third-order valence-corrected chi connectivity index (χ3v) is 7.36. The molecule has 192 valence electrons. The fourth-order valence-electron chi connectivity index (χ4n) is 5.41. The molecule has 2 aliphatic heterocycles. The molecule has 0 radical (unpaired) electrons. The number of piperazine rings is 1.